The van der Waals surface area contributed by atoms with Crippen LogP contribution in [-0.2, 0) is 13.0 Å². The molecule has 1 amide bonds. The van der Waals surface area contributed by atoms with Gasteiger partial charge in [0, 0.05) is 16.6 Å². The molecule has 0 saturated heterocycles. The Balaban J connectivity index is 1.62. The predicted molar refractivity (Wildman–Crippen MR) is 101 cm³/mol. The second-order valence-electron chi connectivity index (χ2n) is 5.64. The number of amides is 1. The van der Waals surface area contributed by atoms with E-state index in [2.05, 4.69) is 17.2 Å². The highest BCUT2D eigenvalue weighted by atomic mass is 32.1. The Morgan fingerprint density at radius 2 is 1.92 bits per heavy atom. The van der Waals surface area contributed by atoms with E-state index in [1.807, 2.05) is 36.6 Å². The van der Waals surface area contributed by atoms with Gasteiger partial charge in [-0.1, -0.05) is 25.1 Å². The molecule has 0 saturated carbocycles. The molecule has 3 rings (SSSR count). The first-order valence-corrected chi connectivity index (χ1v) is 9.07. The van der Waals surface area contributed by atoms with Gasteiger partial charge in [-0.2, -0.15) is 0 Å². The molecule has 0 spiro atoms. The summed E-state index contributed by atoms with van der Waals surface area (Å²) in [5, 5.41) is 5.98. The molecule has 0 aliphatic carbocycles. The molecule has 0 aliphatic rings. The van der Waals surface area contributed by atoms with Gasteiger partial charge in [0.05, 0.1) is 10.7 Å². The Hall–Kier alpha value is -2.66. The zero-order valence-corrected chi connectivity index (χ0v) is 15.1. The van der Waals surface area contributed by atoms with Gasteiger partial charge >= 0.3 is 0 Å². The fourth-order valence-electron chi connectivity index (χ4n) is 2.48. The first-order valence-electron chi connectivity index (χ1n) is 8.19. The van der Waals surface area contributed by atoms with Crippen LogP contribution in [0.1, 0.15) is 33.5 Å². The fraction of sp³-hybridized carbons (Fsp3) is 0.200. The lowest BCUT2D eigenvalue weighted by atomic mass is 10.1. The third kappa shape index (κ3) is 4.45. The van der Waals surface area contributed by atoms with E-state index in [9.17, 15) is 4.79 Å². The van der Waals surface area contributed by atoms with Crippen LogP contribution in [-0.4, -0.2) is 10.9 Å². The minimum absolute atomic E-state index is 0.123. The van der Waals surface area contributed by atoms with Crippen molar-refractivity contribution in [2.45, 2.75) is 26.9 Å². The van der Waals surface area contributed by atoms with Crippen LogP contribution in [0.4, 0.5) is 5.69 Å². The van der Waals surface area contributed by atoms with Crippen molar-refractivity contribution < 1.29 is 9.53 Å². The molecule has 0 unspecified atom stereocenters. The van der Waals surface area contributed by atoms with Crippen LogP contribution in [0.25, 0.3) is 0 Å². The summed E-state index contributed by atoms with van der Waals surface area (Å²) in [5.74, 6) is 0.596. The van der Waals surface area contributed by atoms with Crippen molar-refractivity contribution in [2.24, 2.45) is 0 Å². The van der Waals surface area contributed by atoms with Gasteiger partial charge in [-0.15, -0.1) is 11.3 Å². The smallest absolute Gasteiger partial charge is 0.255 e. The number of nitrogens with zero attached hydrogens (tertiary/aromatic N) is 1. The molecule has 25 heavy (non-hydrogen) atoms. The maximum absolute atomic E-state index is 12.4. The molecular weight excluding hydrogens is 332 g/mol. The first-order chi connectivity index (χ1) is 12.2. The normalized spacial score (nSPS) is 10.5. The standard InChI is InChI=1S/C20H20N2O2S/c1-3-15-6-4-5-7-19(15)22-20(23)16-8-10-18(11-9-16)24-12-17-13-25-14(2)21-17/h4-11,13H,3,12H2,1-2H3,(H,22,23). The van der Waals surface area contributed by atoms with Gasteiger partial charge < -0.3 is 10.1 Å². The number of anilines is 1. The number of hydrogen-bond acceptors (Lipinski definition) is 4. The Kier molecular flexibility index (Phi) is 5.46. The van der Waals surface area contributed by atoms with E-state index in [4.69, 9.17) is 4.74 Å². The Bertz CT molecular complexity index is 856. The number of rotatable bonds is 6. The quantitative estimate of drug-likeness (QED) is 0.690. The summed E-state index contributed by atoms with van der Waals surface area (Å²) < 4.78 is 5.71. The number of benzene rings is 2. The zero-order valence-electron chi connectivity index (χ0n) is 14.3. The monoisotopic (exact) mass is 352 g/mol. The summed E-state index contributed by atoms with van der Waals surface area (Å²) in [6.45, 7) is 4.47. The van der Waals surface area contributed by atoms with E-state index in [1.165, 1.54) is 0 Å². The van der Waals surface area contributed by atoms with E-state index in [0.29, 0.717) is 12.2 Å². The number of aryl methyl sites for hydroxylation is 2. The Labute approximate surface area is 151 Å². The van der Waals surface area contributed by atoms with Crippen molar-refractivity contribution in [1.82, 2.24) is 4.98 Å². The number of hydrogen-bond donors (Lipinski definition) is 1. The van der Waals surface area contributed by atoms with Gasteiger partial charge in [0.1, 0.15) is 12.4 Å². The van der Waals surface area contributed by atoms with Gasteiger partial charge in [-0.3, -0.25) is 4.79 Å². The molecule has 1 N–H and O–H groups in total. The number of carbonyl (C=O) groups excluding carboxylic acids is 1. The molecular formula is C20H20N2O2S. The minimum atomic E-state index is -0.123. The van der Waals surface area contributed by atoms with E-state index in [0.717, 1.165) is 34.1 Å². The highest BCUT2D eigenvalue weighted by Gasteiger charge is 2.09. The minimum Gasteiger partial charge on any atom is -0.487 e. The first kappa shape index (κ1) is 17.2. The van der Waals surface area contributed by atoms with Gasteiger partial charge in [-0.25, -0.2) is 4.98 Å². The van der Waals surface area contributed by atoms with Crippen LogP contribution >= 0.6 is 11.3 Å². The summed E-state index contributed by atoms with van der Waals surface area (Å²) in [5.41, 5.74) is 3.49. The van der Waals surface area contributed by atoms with Crippen molar-refractivity contribution in [2.75, 3.05) is 5.32 Å². The topological polar surface area (TPSA) is 51.2 Å². The molecule has 4 nitrogen and oxygen atoms in total. The average molecular weight is 352 g/mol. The molecule has 1 heterocycles. The number of carbonyl (C=O) groups is 1. The number of para-hydroxylation sites is 1. The molecule has 5 heteroatoms. The number of nitrogens with one attached hydrogen (secondary N) is 1. The summed E-state index contributed by atoms with van der Waals surface area (Å²) in [4.78, 5) is 16.8. The highest BCUT2D eigenvalue weighted by Crippen LogP contribution is 2.19. The van der Waals surface area contributed by atoms with Gasteiger partial charge in [0.25, 0.3) is 5.91 Å². The number of aromatic nitrogens is 1. The van der Waals surface area contributed by atoms with Crippen molar-refractivity contribution in [1.29, 1.82) is 0 Å². The second-order valence-corrected chi connectivity index (χ2v) is 6.70. The van der Waals surface area contributed by atoms with Gasteiger partial charge in [0.2, 0.25) is 0 Å². The third-order valence-electron chi connectivity index (χ3n) is 3.82. The second kappa shape index (κ2) is 7.94. The van der Waals surface area contributed by atoms with Crippen LogP contribution in [0.3, 0.4) is 0 Å². The molecule has 0 atom stereocenters. The van der Waals surface area contributed by atoms with Crippen LogP contribution in [0.2, 0.25) is 0 Å². The maximum Gasteiger partial charge on any atom is 0.255 e. The Morgan fingerprint density at radius 1 is 1.16 bits per heavy atom. The third-order valence-corrected chi connectivity index (χ3v) is 4.64. The van der Waals surface area contributed by atoms with Crippen molar-refractivity contribution >= 4 is 22.9 Å². The molecule has 128 valence electrons. The van der Waals surface area contributed by atoms with Crippen LogP contribution in [0.5, 0.6) is 5.75 Å². The molecule has 0 aliphatic heterocycles. The van der Waals surface area contributed by atoms with Crippen LogP contribution in [0.15, 0.2) is 53.9 Å². The maximum atomic E-state index is 12.4. The van der Waals surface area contributed by atoms with Gasteiger partial charge in [0.15, 0.2) is 0 Å². The van der Waals surface area contributed by atoms with E-state index in [1.54, 1.807) is 35.6 Å². The lowest BCUT2D eigenvalue weighted by molar-refractivity contribution is 0.102. The number of ether oxygens (including phenoxy) is 1. The zero-order chi connectivity index (χ0) is 17.6. The lowest BCUT2D eigenvalue weighted by Gasteiger charge is -2.10. The number of thiazole rings is 1. The fourth-order valence-corrected chi connectivity index (χ4v) is 3.08. The van der Waals surface area contributed by atoms with Crippen LogP contribution < -0.4 is 10.1 Å². The summed E-state index contributed by atoms with van der Waals surface area (Å²) in [7, 11) is 0. The molecule has 1 aromatic heterocycles. The van der Waals surface area contributed by atoms with Crippen LogP contribution in [0, 0.1) is 6.92 Å². The van der Waals surface area contributed by atoms with Crippen molar-refractivity contribution in [3.05, 3.63) is 75.7 Å². The average Bonchev–Trinajstić information content (AvgIpc) is 3.06. The highest BCUT2D eigenvalue weighted by molar-refractivity contribution is 7.09. The van der Waals surface area contributed by atoms with Crippen molar-refractivity contribution in [3.8, 4) is 5.75 Å². The van der Waals surface area contributed by atoms with E-state index >= 15 is 0 Å². The SMILES string of the molecule is CCc1ccccc1NC(=O)c1ccc(OCc2csc(C)n2)cc1. The largest absolute Gasteiger partial charge is 0.487 e. The predicted octanol–water partition coefficient (Wildman–Crippen LogP) is 4.85. The lowest BCUT2D eigenvalue weighted by Crippen LogP contribution is -2.13. The molecule has 0 bridgehead atoms. The van der Waals surface area contributed by atoms with Crippen molar-refractivity contribution in [3.63, 3.8) is 0 Å². The molecule has 3 aromatic rings. The van der Waals surface area contributed by atoms with E-state index < -0.39 is 0 Å². The molecule has 0 radical (unpaired) electrons. The summed E-state index contributed by atoms with van der Waals surface area (Å²) >= 11 is 1.61. The van der Waals surface area contributed by atoms with Gasteiger partial charge in [-0.05, 0) is 49.2 Å². The summed E-state index contributed by atoms with van der Waals surface area (Å²) in [6, 6.07) is 15.0. The Morgan fingerprint density at radius 3 is 2.60 bits per heavy atom. The summed E-state index contributed by atoms with van der Waals surface area (Å²) in [6.07, 6.45) is 0.874. The molecule has 2 aromatic carbocycles. The van der Waals surface area contributed by atoms with E-state index in [-0.39, 0.29) is 5.91 Å². The molecule has 0 fully saturated rings.